The first-order chi connectivity index (χ1) is 15.9. The molecule has 0 unspecified atom stereocenters. The van der Waals surface area contributed by atoms with Gasteiger partial charge in [-0.25, -0.2) is 14.6 Å². The van der Waals surface area contributed by atoms with Gasteiger partial charge in [0.15, 0.2) is 5.82 Å². The maximum absolute atomic E-state index is 12.5. The van der Waals surface area contributed by atoms with E-state index in [2.05, 4.69) is 35.9 Å². The molecule has 1 saturated carbocycles. The number of amides is 1. The first kappa shape index (κ1) is 21.1. The van der Waals surface area contributed by atoms with Crippen molar-refractivity contribution in [3.8, 4) is 0 Å². The predicted molar refractivity (Wildman–Crippen MR) is 125 cm³/mol. The van der Waals surface area contributed by atoms with Gasteiger partial charge in [0.2, 0.25) is 11.9 Å². The molecule has 0 bridgehead atoms. The molecule has 11 heteroatoms. The summed E-state index contributed by atoms with van der Waals surface area (Å²) in [5, 5.41) is 14.8. The Morgan fingerprint density at radius 3 is 2.85 bits per heavy atom. The van der Waals surface area contributed by atoms with E-state index in [0.717, 1.165) is 41.4 Å². The molecule has 5 rings (SSSR count). The van der Waals surface area contributed by atoms with Gasteiger partial charge in [0.25, 0.3) is 0 Å². The Balaban J connectivity index is 1.27. The summed E-state index contributed by atoms with van der Waals surface area (Å²) in [6, 6.07) is 3.84. The van der Waals surface area contributed by atoms with Crippen molar-refractivity contribution in [2.45, 2.75) is 38.9 Å². The van der Waals surface area contributed by atoms with Gasteiger partial charge in [0.1, 0.15) is 23.2 Å². The van der Waals surface area contributed by atoms with Crippen LogP contribution < -0.4 is 20.4 Å². The molecule has 1 atom stereocenters. The van der Waals surface area contributed by atoms with Crippen molar-refractivity contribution in [1.82, 2.24) is 29.9 Å². The number of carbonyl (C=O) groups excluding carboxylic acids is 1. The summed E-state index contributed by atoms with van der Waals surface area (Å²) < 4.78 is 1.80. The molecule has 172 valence electrons. The molecule has 4 heterocycles. The first-order valence-corrected chi connectivity index (χ1v) is 11.1. The molecule has 1 aliphatic heterocycles. The Hall–Kier alpha value is -3.76. The van der Waals surface area contributed by atoms with Crippen LogP contribution in [-0.2, 0) is 17.9 Å². The zero-order valence-corrected chi connectivity index (χ0v) is 19.3. The number of likely N-dealkylation sites (N-methyl/N-ethyl adjacent to an activating group) is 1. The van der Waals surface area contributed by atoms with Crippen molar-refractivity contribution < 1.29 is 4.79 Å². The number of hydrogen-bond acceptors (Lipinski definition) is 9. The number of rotatable bonds is 7. The van der Waals surface area contributed by atoms with Crippen LogP contribution in [0.2, 0.25) is 0 Å². The fraction of sp³-hybridized carbons (Fsp3) is 0.455. The summed E-state index contributed by atoms with van der Waals surface area (Å²) in [4.78, 5) is 30.0. The summed E-state index contributed by atoms with van der Waals surface area (Å²) in [5.74, 6) is 2.59. The molecular formula is C22H28N10O. The zero-order valence-electron chi connectivity index (χ0n) is 19.3. The molecule has 0 aromatic carbocycles. The molecule has 11 nitrogen and oxygen atoms in total. The van der Waals surface area contributed by atoms with Crippen molar-refractivity contribution in [3.63, 3.8) is 0 Å². The van der Waals surface area contributed by atoms with E-state index in [9.17, 15) is 4.79 Å². The Morgan fingerprint density at radius 2 is 2.09 bits per heavy atom. The number of aryl methyl sites for hydroxylation is 1. The van der Waals surface area contributed by atoms with Gasteiger partial charge in [-0.1, -0.05) is 5.21 Å². The zero-order chi connectivity index (χ0) is 23.1. The highest BCUT2D eigenvalue weighted by Crippen LogP contribution is 2.41. The summed E-state index contributed by atoms with van der Waals surface area (Å²) >= 11 is 0. The van der Waals surface area contributed by atoms with E-state index in [1.54, 1.807) is 10.9 Å². The topological polar surface area (TPSA) is 117 Å². The van der Waals surface area contributed by atoms with Crippen molar-refractivity contribution >= 4 is 29.2 Å². The molecule has 1 aliphatic carbocycles. The van der Waals surface area contributed by atoms with Crippen LogP contribution in [0.3, 0.4) is 0 Å². The van der Waals surface area contributed by atoms with Crippen LogP contribution in [0.5, 0.6) is 0 Å². The average Bonchev–Trinajstić information content (AvgIpc) is 3.52. The highest BCUT2D eigenvalue weighted by Gasteiger charge is 2.43. The number of hydrogen-bond donors (Lipinski definition) is 2. The largest absolute Gasteiger partial charge is 0.363 e. The van der Waals surface area contributed by atoms with E-state index in [1.165, 1.54) is 0 Å². The van der Waals surface area contributed by atoms with Crippen LogP contribution in [0.15, 0.2) is 24.5 Å². The minimum absolute atomic E-state index is 0.0309. The number of anilines is 4. The van der Waals surface area contributed by atoms with Gasteiger partial charge in [0, 0.05) is 27.3 Å². The highest BCUT2D eigenvalue weighted by molar-refractivity contribution is 6.03. The number of nitrogens with zero attached hydrogens (tertiary/aromatic N) is 8. The Kier molecular flexibility index (Phi) is 5.31. The monoisotopic (exact) mass is 448 g/mol. The fourth-order valence-electron chi connectivity index (χ4n) is 4.14. The SMILES string of the molecule is Cc1nc(NCc2cn(Cc3ccnc(N(C)C)c3)nn2)nc2c1NC(=O)[C@H](C1CC1)N2C. The maximum atomic E-state index is 12.5. The van der Waals surface area contributed by atoms with Crippen molar-refractivity contribution in [3.05, 3.63) is 41.5 Å². The van der Waals surface area contributed by atoms with Crippen LogP contribution in [0.1, 0.15) is 29.8 Å². The third-order valence-electron chi connectivity index (χ3n) is 6.03. The van der Waals surface area contributed by atoms with Crippen molar-refractivity contribution in [1.29, 1.82) is 0 Å². The normalized spacial score (nSPS) is 17.5. The predicted octanol–water partition coefficient (Wildman–Crippen LogP) is 1.66. The number of nitrogens with one attached hydrogen (secondary N) is 2. The van der Waals surface area contributed by atoms with E-state index >= 15 is 0 Å². The molecule has 33 heavy (non-hydrogen) atoms. The molecule has 2 aliphatic rings. The van der Waals surface area contributed by atoms with E-state index in [-0.39, 0.29) is 11.9 Å². The molecular weight excluding hydrogens is 420 g/mol. The van der Waals surface area contributed by atoms with Crippen LogP contribution >= 0.6 is 0 Å². The van der Waals surface area contributed by atoms with E-state index in [1.807, 2.05) is 56.2 Å². The van der Waals surface area contributed by atoms with E-state index in [4.69, 9.17) is 0 Å². The molecule has 3 aromatic rings. The van der Waals surface area contributed by atoms with Crippen LogP contribution in [-0.4, -0.2) is 63.0 Å². The van der Waals surface area contributed by atoms with Crippen LogP contribution in [0.4, 0.5) is 23.3 Å². The molecule has 2 N–H and O–H groups in total. The van der Waals surface area contributed by atoms with Gasteiger partial charge in [-0.05, 0) is 43.4 Å². The van der Waals surface area contributed by atoms with Crippen LogP contribution in [0, 0.1) is 12.8 Å². The van der Waals surface area contributed by atoms with Gasteiger partial charge in [-0.2, -0.15) is 4.98 Å². The number of pyridine rings is 1. The van der Waals surface area contributed by atoms with Gasteiger partial charge in [0.05, 0.1) is 25.0 Å². The number of aromatic nitrogens is 6. The molecule has 3 aromatic heterocycles. The summed E-state index contributed by atoms with van der Waals surface area (Å²) in [6.07, 6.45) is 5.87. The lowest BCUT2D eigenvalue weighted by atomic mass is 10.1. The van der Waals surface area contributed by atoms with E-state index < -0.39 is 0 Å². The van der Waals surface area contributed by atoms with Crippen LogP contribution in [0.25, 0.3) is 0 Å². The van der Waals surface area contributed by atoms with Crippen molar-refractivity contribution in [2.75, 3.05) is 41.6 Å². The highest BCUT2D eigenvalue weighted by atomic mass is 16.2. The maximum Gasteiger partial charge on any atom is 0.247 e. The Labute approximate surface area is 192 Å². The standard InChI is InChI=1S/C22H28N10O/c1-13-18-20(31(4)19(15-5-6-15)21(33)26-18)27-22(25-13)24-10-16-12-32(29-28-16)11-14-7-8-23-17(9-14)30(2)3/h7-9,12,15,19H,5-6,10-11H2,1-4H3,(H,26,33)(H,24,25,27)/t19-/m0/s1. The lowest BCUT2D eigenvalue weighted by molar-refractivity contribution is -0.118. The van der Waals surface area contributed by atoms with Gasteiger partial charge in [-0.15, -0.1) is 5.10 Å². The Bertz CT molecular complexity index is 1190. The van der Waals surface area contributed by atoms with Gasteiger partial charge < -0.3 is 20.4 Å². The minimum Gasteiger partial charge on any atom is -0.363 e. The number of carbonyl (C=O) groups is 1. The molecule has 0 spiro atoms. The minimum atomic E-state index is -0.166. The van der Waals surface area contributed by atoms with Crippen molar-refractivity contribution in [2.24, 2.45) is 5.92 Å². The number of fused-ring (bicyclic) bond motifs is 1. The second-order valence-electron chi connectivity index (χ2n) is 8.89. The summed E-state index contributed by atoms with van der Waals surface area (Å²) in [7, 11) is 5.87. The van der Waals surface area contributed by atoms with Gasteiger partial charge in [-0.3, -0.25) is 4.79 Å². The fourth-order valence-corrected chi connectivity index (χ4v) is 4.14. The molecule has 1 amide bonds. The third kappa shape index (κ3) is 4.30. The molecule has 0 radical (unpaired) electrons. The smallest absolute Gasteiger partial charge is 0.247 e. The third-order valence-corrected chi connectivity index (χ3v) is 6.03. The van der Waals surface area contributed by atoms with E-state index in [0.29, 0.717) is 30.6 Å². The summed E-state index contributed by atoms with van der Waals surface area (Å²) in [6.45, 7) is 2.93. The molecule has 0 saturated heterocycles. The lowest BCUT2D eigenvalue weighted by Crippen LogP contribution is -2.48. The quantitative estimate of drug-likeness (QED) is 0.556. The second kappa shape index (κ2) is 8.30. The molecule has 1 fully saturated rings. The Morgan fingerprint density at radius 1 is 1.27 bits per heavy atom. The lowest BCUT2D eigenvalue weighted by Gasteiger charge is -2.35. The average molecular weight is 449 g/mol. The summed E-state index contributed by atoms with van der Waals surface area (Å²) in [5.41, 5.74) is 3.30. The van der Waals surface area contributed by atoms with Gasteiger partial charge >= 0.3 is 0 Å². The second-order valence-corrected chi connectivity index (χ2v) is 8.89. The first-order valence-electron chi connectivity index (χ1n) is 11.1.